The van der Waals surface area contributed by atoms with E-state index < -0.39 is 0 Å². The maximum absolute atomic E-state index is 5.38. The molecule has 2 N–H and O–H groups in total. The van der Waals surface area contributed by atoms with E-state index in [-0.39, 0.29) is 5.66 Å². The van der Waals surface area contributed by atoms with Gasteiger partial charge in [0.25, 0.3) is 0 Å². The first-order valence-electron chi connectivity index (χ1n) is 6.19. The van der Waals surface area contributed by atoms with E-state index in [9.17, 15) is 0 Å². The van der Waals surface area contributed by atoms with Gasteiger partial charge in [0.2, 0.25) is 0 Å². The second kappa shape index (κ2) is 5.55. The molecule has 5 heteroatoms. The summed E-state index contributed by atoms with van der Waals surface area (Å²) in [5.41, 5.74) is 4.28. The largest absolute Gasteiger partial charge is 0.338 e. The van der Waals surface area contributed by atoms with E-state index in [0.29, 0.717) is 0 Å². The Kier molecular flexibility index (Phi) is 4.25. The number of nitrogens with zero attached hydrogens (tertiary/aromatic N) is 1. The van der Waals surface area contributed by atoms with Crippen LogP contribution in [0.25, 0.3) is 0 Å². The van der Waals surface area contributed by atoms with Crippen molar-refractivity contribution >= 4 is 33.3 Å². The number of rotatable bonds is 4. The third-order valence-corrected chi connectivity index (χ3v) is 4.12. The fraction of sp³-hybridized carbons (Fsp3) is 0.462. The molecule has 1 aliphatic rings. The average molecular weight is 328 g/mol. The second-order valence-electron chi connectivity index (χ2n) is 4.65. The van der Waals surface area contributed by atoms with Crippen molar-refractivity contribution < 1.29 is 0 Å². The molecule has 0 bridgehead atoms. The highest BCUT2D eigenvalue weighted by Crippen LogP contribution is 2.29. The molecule has 2 rings (SSSR count). The van der Waals surface area contributed by atoms with Crippen LogP contribution in [0.3, 0.4) is 0 Å². The zero-order valence-electron chi connectivity index (χ0n) is 10.7. The lowest BCUT2D eigenvalue weighted by Gasteiger charge is -2.27. The maximum atomic E-state index is 5.38. The number of hydrazine groups is 1. The third kappa shape index (κ3) is 2.68. The highest BCUT2D eigenvalue weighted by atomic mass is 79.9. The van der Waals surface area contributed by atoms with Gasteiger partial charge in [0, 0.05) is 16.6 Å². The minimum absolute atomic E-state index is 0.342. The molecule has 18 heavy (non-hydrogen) atoms. The number of unbranched alkanes of at least 4 members (excludes halogenated alkanes) is 1. The zero-order valence-corrected chi connectivity index (χ0v) is 13.1. The van der Waals surface area contributed by atoms with Gasteiger partial charge in [-0.25, -0.2) is 5.43 Å². The quantitative estimate of drug-likeness (QED) is 0.831. The Morgan fingerprint density at radius 2 is 2.11 bits per heavy atom. The predicted molar refractivity (Wildman–Crippen MR) is 82.0 cm³/mol. The van der Waals surface area contributed by atoms with Crippen LogP contribution in [0, 0.1) is 0 Å². The first-order valence-corrected chi connectivity index (χ1v) is 7.39. The van der Waals surface area contributed by atoms with Crippen LogP contribution in [0.15, 0.2) is 28.7 Å². The van der Waals surface area contributed by atoms with E-state index in [1.54, 1.807) is 0 Å². The van der Waals surface area contributed by atoms with Crippen molar-refractivity contribution in [1.82, 2.24) is 15.8 Å². The molecular weight excluding hydrogens is 310 g/mol. The normalized spacial score (nSPS) is 23.3. The summed E-state index contributed by atoms with van der Waals surface area (Å²) in [5.74, 6) is 0. The van der Waals surface area contributed by atoms with Crippen LogP contribution in [0.5, 0.6) is 0 Å². The standard InChI is InChI=1S/C13H18BrN3S/c1-3-4-9-17-12(18)15-13(2,16-17)10-7-5-6-8-11(10)14/h5-8,16H,3-4,9H2,1-2H3,(H,15,18)/t13-/m1/s1. The molecule has 1 fully saturated rings. The van der Waals surface area contributed by atoms with Crippen LogP contribution in [0.4, 0.5) is 0 Å². The van der Waals surface area contributed by atoms with Crippen molar-refractivity contribution in [3.63, 3.8) is 0 Å². The van der Waals surface area contributed by atoms with E-state index in [1.165, 1.54) is 0 Å². The number of benzene rings is 1. The number of hydrogen-bond acceptors (Lipinski definition) is 2. The van der Waals surface area contributed by atoms with E-state index >= 15 is 0 Å². The highest BCUT2D eigenvalue weighted by molar-refractivity contribution is 9.10. The number of hydrogen-bond donors (Lipinski definition) is 2. The maximum Gasteiger partial charge on any atom is 0.185 e. The van der Waals surface area contributed by atoms with Gasteiger partial charge in [-0.3, -0.25) is 5.01 Å². The summed E-state index contributed by atoms with van der Waals surface area (Å²) >= 11 is 8.98. The van der Waals surface area contributed by atoms with Gasteiger partial charge in [0.05, 0.1) is 0 Å². The van der Waals surface area contributed by atoms with Crippen molar-refractivity contribution in [3.05, 3.63) is 34.3 Å². The molecular formula is C13H18BrN3S. The Hall–Kier alpha value is -0.650. The van der Waals surface area contributed by atoms with Crippen molar-refractivity contribution in [1.29, 1.82) is 0 Å². The van der Waals surface area contributed by atoms with Gasteiger partial charge in [-0.15, -0.1) is 0 Å². The number of nitrogens with one attached hydrogen (secondary N) is 2. The van der Waals surface area contributed by atoms with Crippen LogP contribution < -0.4 is 10.7 Å². The zero-order chi connectivity index (χ0) is 13.2. The van der Waals surface area contributed by atoms with Crippen molar-refractivity contribution in [2.45, 2.75) is 32.4 Å². The number of halogens is 1. The molecule has 0 aliphatic carbocycles. The van der Waals surface area contributed by atoms with Crippen molar-refractivity contribution in [3.8, 4) is 0 Å². The van der Waals surface area contributed by atoms with Gasteiger partial charge < -0.3 is 5.32 Å². The minimum Gasteiger partial charge on any atom is -0.338 e. The molecule has 1 aromatic rings. The fourth-order valence-electron chi connectivity index (χ4n) is 2.10. The van der Waals surface area contributed by atoms with Crippen molar-refractivity contribution in [2.24, 2.45) is 0 Å². The Labute approximate surface area is 122 Å². The van der Waals surface area contributed by atoms with Gasteiger partial charge >= 0.3 is 0 Å². The Bertz CT molecular complexity index is 452. The average Bonchev–Trinajstić information content (AvgIpc) is 2.63. The lowest BCUT2D eigenvalue weighted by molar-refractivity contribution is 0.232. The van der Waals surface area contributed by atoms with Crippen molar-refractivity contribution in [2.75, 3.05) is 6.54 Å². The van der Waals surface area contributed by atoms with Crippen LogP contribution >= 0.6 is 28.1 Å². The first-order chi connectivity index (χ1) is 8.57. The molecule has 0 saturated carbocycles. The van der Waals surface area contributed by atoms with E-state index in [4.69, 9.17) is 12.2 Å². The van der Waals surface area contributed by atoms with Gasteiger partial charge in [-0.2, -0.15) is 0 Å². The second-order valence-corrected chi connectivity index (χ2v) is 5.89. The van der Waals surface area contributed by atoms with Crippen LogP contribution in [-0.2, 0) is 5.66 Å². The molecule has 0 amide bonds. The SMILES string of the molecule is CCCCN1N[C@](C)(c2ccccc2Br)NC1=S. The fourth-order valence-corrected chi connectivity index (χ4v) is 3.12. The molecule has 1 heterocycles. The molecule has 98 valence electrons. The van der Waals surface area contributed by atoms with Gasteiger partial charge in [-0.1, -0.05) is 47.5 Å². The summed E-state index contributed by atoms with van der Waals surface area (Å²) in [6.07, 6.45) is 2.29. The highest BCUT2D eigenvalue weighted by Gasteiger charge is 2.38. The van der Waals surface area contributed by atoms with Crippen LogP contribution in [-0.4, -0.2) is 16.7 Å². The molecule has 0 radical (unpaired) electrons. The monoisotopic (exact) mass is 327 g/mol. The smallest absolute Gasteiger partial charge is 0.185 e. The van der Waals surface area contributed by atoms with Crippen LogP contribution in [0.2, 0.25) is 0 Å². The predicted octanol–water partition coefficient (Wildman–Crippen LogP) is 3.12. The third-order valence-electron chi connectivity index (χ3n) is 3.11. The molecule has 0 aromatic heterocycles. The van der Waals surface area contributed by atoms with E-state index in [0.717, 1.165) is 34.5 Å². The van der Waals surface area contributed by atoms with Gasteiger partial charge in [0.1, 0.15) is 5.66 Å². The minimum atomic E-state index is -0.342. The van der Waals surface area contributed by atoms with Gasteiger partial charge in [-0.05, 0) is 31.6 Å². The summed E-state index contributed by atoms with van der Waals surface area (Å²) < 4.78 is 1.08. The van der Waals surface area contributed by atoms with E-state index in [1.807, 2.05) is 23.2 Å². The summed E-state index contributed by atoms with van der Waals surface area (Å²) in [5, 5.41) is 6.15. The summed E-state index contributed by atoms with van der Waals surface area (Å²) in [6, 6.07) is 8.18. The van der Waals surface area contributed by atoms with Gasteiger partial charge in [0.15, 0.2) is 5.11 Å². The summed E-state index contributed by atoms with van der Waals surface area (Å²) in [6.45, 7) is 5.22. The first kappa shape index (κ1) is 13.8. The molecule has 0 spiro atoms. The molecule has 3 nitrogen and oxygen atoms in total. The lowest BCUT2D eigenvalue weighted by atomic mass is 10.0. The summed E-state index contributed by atoms with van der Waals surface area (Å²) in [7, 11) is 0. The summed E-state index contributed by atoms with van der Waals surface area (Å²) in [4.78, 5) is 0. The molecule has 0 unspecified atom stereocenters. The van der Waals surface area contributed by atoms with E-state index in [2.05, 4.69) is 46.6 Å². The molecule has 1 aliphatic heterocycles. The van der Waals surface area contributed by atoms with Crippen LogP contribution in [0.1, 0.15) is 32.3 Å². The number of thiocarbonyl (C=S) groups is 1. The lowest BCUT2D eigenvalue weighted by Crippen LogP contribution is -2.46. The molecule has 1 atom stereocenters. The molecule has 1 aromatic carbocycles. The molecule has 1 saturated heterocycles. The Balaban J connectivity index is 2.19. The topological polar surface area (TPSA) is 27.3 Å². The Morgan fingerprint density at radius 3 is 2.78 bits per heavy atom. The Morgan fingerprint density at radius 1 is 1.39 bits per heavy atom.